The zero-order valence-corrected chi connectivity index (χ0v) is 22.3. The highest BCUT2D eigenvalue weighted by Crippen LogP contribution is 2.34. The number of sulfonamides is 1. The maximum Gasteiger partial charge on any atom is 0.281 e. The quantitative estimate of drug-likeness (QED) is 0.336. The minimum atomic E-state index is -4.29. The fraction of sp³-hybridized carbons (Fsp3) is 0.179. The Morgan fingerprint density at radius 3 is 2.29 bits per heavy atom. The minimum absolute atomic E-state index is 0.120. The number of ether oxygens (including phenoxy) is 2. The number of rotatable bonds is 7. The summed E-state index contributed by atoms with van der Waals surface area (Å²) in [5, 5.41) is -0.304. The Balaban J connectivity index is 1.81. The molecule has 38 heavy (non-hydrogen) atoms. The number of aromatic nitrogens is 2. The number of amides is 1. The summed E-state index contributed by atoms with van der Waals surface area (Å²) in [6.45, 7) is 7.26. The smallest absolute Gasteiger partial charge is 0.281 e. The molecule has 4 rings (SSSR count). The molecule has 2 aromatic heterocycles. The highest BCUT2D eigenvalue weighted by molar-refractivity contribution is 7.90. The maximum atomic E-state index is 14.7. The Hall–Kier alpha value is -4.31. The molecule has 0 saturated carbocycles. The van der Waals surface area contributed by atoms with Crippen LogP contribution in [0.15, 0.2) is 65.7 Å². The second-order valence-corrected chi connectivity index (χ2v) is 10.4. The molecule has 8 nitrogen and oxygen atoms in total. The van der Waals surface area contributed by atoms with Gasteiger partial charge in [0.25, 0.3) is 15.9 Å². The number of nitrogens with zero attached hydrogens (tertiary/aromatic N) is 2. The molecule has 1 amide bonds. The monoisotopic (exact) mass is 535 g/mol. The molecule has 0 fully saturated rings. The predicted octanol–water partition coefficient (Wildman–Crippen LogP) is 5.44. The lowest BCUT2D eigenvalue weighted by Crippen LogP contribution is -2.31. The number of benzene rings is 2. The van der Waals surface area contributed by atoms with Crippen molar-refractivity contribution in [2.75, 3.05) is 7.11 Å². The molecule has 0 radical (unpaired) electrons. The van der Waals surface area contributed by atoms with Gasteiger partial charge in [-0.3, -0.25) is 4.79 Å². The first-order chi connectivity index (χ1) is 18.0. The van der Waals surface area contributed by atoms with Gasteiger partial charge in [-0.15, -0.1) is 0 Å². The molecule has 0 spiro atoms. The minimum Gasteiger partial charge on any atom is -0.497 e. The normalized spacial score (nSPS) is 11.2. The molecule has 0 saturated heterocycles. The van der Waals surface area contributed by atoms with Crippen LogP contribution in [-0.4, -0.2) is 31.4 Å². The van der Waals surface area contributed by atoms with Crippen LogP contribution in [0.5, 0.6) is 17.4 Å². The number of hydrogen-bond acceptors (Lipinski definition) is 7. The van der Waals surface area contributed by atoms with Crippen LogP contribution in [0.25, 0.3) is 11.3 Å². The SMILES string of the molecule is COc1ccc(F)c(-c2ccc(C(=O)NS(=O)(=O)c3cccc(C)n3)c(Oc3c(C)cc(C)cc3C)n2)c1. The number of pyridine rings is 2. The van der Waals surface area contributed by atoms with E-state index in [-0.39, 0.29) is 27.7 Å². The molecule has 0 aliphatic heterocycles. The van der Waals surface area contributed by atoms with Gasteiger partial charge < -0.3 is 9.47 Å². The number of methoxy groups -OCH3 is 1. The second kappa shape index (κ2) is 10.6. The maximum absolute atomic E-state index is 14.7. The lowest BCUT2D eigenvalue weighted by molar-refractivity contribution is 0.0978. The van der Waals surface area contributed by atoms with Crippen molar-refractivity contribution in [3.05, 3.63) is 94.4 Å². The van der Waals surface area contributed by atoms with Gasteiger partial charge in [0.1, 0.15) is 22.9 Å². The van der Waals surface area contributed by atoms with Crippen LogP contribution in [0.4, 0.5) is 4.39 Å². The lowest BCUT2D eigenvalue weighted by atomic mass is 10.1. The van der Waals surface area contributed by atoms with Gasteiger partial charge in [0, 0.05) is 11.3 Å². The van der Waals surface area contributed by atoms with Crippen molar-refractivity contribution in [3.63, 3.8) is 0 Å². The summed E-state index contributed by atoms with van der Waals surface area (Å²) in [4.78, 5) is 21.7. The van der Waals surface area contributed by atoms with Crippen molar-refractivity contribution in [3.8, 4) is 28.6 Å². The standard InChI is InChI=1S/C28H26FN3O5S/c1-16-13-17(2)26(18(3)14-16)37-28-21(27(33)32-38(34,35)25-8-6-7-19(4)30-25)10-12-24(31-28)22-15-20(36-5)9-11-23(22)29/h6-15H,1-5H3,(H,32,33). The van der Waals surface area contributed by atoms with E-state index in [1.807, 2.05) is 37.6 Å². The first kappa shape index (κ1) is 26.7. The van der Waals surface area contributed by atoms with Gasteiger partial charge in [-0.1, -0.05) is 23.8 Å². The van der Waals surface area contributed by atoms with Crippen LogP contribution in [-0.2, 0) is 10.0 Å². The van der Waals surface area contributed by atoms with Crippen molar-refractivity contribution >= 4 is 15.9 Å². The summed E-state index contributed by atoms with van der Waals surface area (Å²) in [5.41, 5.74) is 3.18. The van der Waals surface area contributed by atoms with Gasteiger partial charge in [0.15, 0.2) is 5.03 Å². The molecule has 2 aromatic carbocycles. The largest absolute Gasteiger partial charge is 0.497 e. The third-order valence-corrected chi connectivity index (χ3v) is 6.96. The number of carbonyl (C=O) groups excluding carboxylic acids is 1. The Kier molecular flexibility index (Phi) is 7.45. The molecule has 0 aliphatic rings. The summed E-state index contributed by atoms with van der Waals surface area (Å²) in [6.07, 6.45) is 0. The summed E-state index contributed by atoms with van der Waals surface area (Å²) >= 11 is 0. The fourth-order valence-electron chi connectivity index (χ4n) is 3.99. The molecular formula is C28H26FN3O5S. The molecule has 0 unspecified atom stereocenters. The third kappa shape index (κ3) is 5.65. The van der Waals surface area contributed by atoms with Gasteiger partial charge in [-0.2, -0.15) is 8.42 Å². The second-order valence-electron chi connectivity index (χ2n) is 8.78. The van der Waals surface area contributed by atoms with Gasteiger partial charge in [0.05, 0.1) is 12.8 Å². The molecule has 0 aliphatic carbocycles. The number of hydrogen-bond donors (Lipinski definition) is 1. The molecule has 0 atom stereocenters. The van der Waals surface area contributed by atoms with Crippen molar-refractivity contribution < 1.29 is 27.1 Å². The Bertz CT molecular complexity index is 1630. The number of carbonyl (C=O) groups is 1. The van der Waals surface area contributed by atoms with Crippen LogP contribution in [0.1, 0.15) is 32.7 Å². The molecule has 0 bridgehead atoms. The zero-order valence-electron chi connectivity index (χ0n) is 21.5. The molecule has 196 valence electrons. The molecule has 4 aromatic rings. The third-order valence-electron chi connectivity index (χ3n) is 5.72. The van der Waals surface area contributed by atoms with E-state index in [9.17, 15) is 17.6 Å². The van der Waals surface area contributed by atoms with E-state index < -0.39 is 21.7 Å². The highest BCUT2D eigenvalue weighted by atomic mass is 32.2. The molecule has 1 N–H and O–H groups in total. The van der Waals surface area contributed by atoms with Gasteiger partial charge >= 0.3 is 0 Å². The summed E-state index contributed by atoms with van der Waals surface area (Å²) < 4.78 is 53.8. The van der Waals surface area contributed by atoms with Crippen molar-refractivity contribution in [2.24, 2.45) is 0 Å². The summed E-state index contributed by atoms with van der Waals surface area (Å²) in [5.74, 6) is -0.865. The van der Waals surface area contributed by atoms with Crippen LogP contribution < -0.4 is 14.2 Å². The van der Waals surface area contributed by atoms with E-state index in [4.69, 9.17) is 9.47 Å². The number of halogens is 1. The van der Waals surface area contributed by atoms with Crippen LogP contribution in [0.2, 0.25) is 0 Å². The Labute approximate surface area is 220 Å². The van der Waals surface area contributed by atoms with E-state index in [2.05, 4.69) is 9.97 Å². The summed E-state index contributed by atoms with van der Waals surface area (Å²) in [7, 11) is -2.83. The number of aryl methyl sites for hydroxylation is 4. The van der Waals surface area contributed by atoms with Crippen molar-refractivity contribution in [1.82, 2.24) is 14.7 Å². The molecule has 10 heteroatoms. The topological polar surface area (TPSA) is 107 Å². The van der Waals surface area contributed by atoms with E-state index in [0.29, 0.717) is 17.2 Å². The predicted molar refractivity (Wildman–Crippen MR) is 141 cm³/mol. The first-order valence-electron chi connectivity index (χ1n) is 11.6. The van der Waals surface area contributed by atoms with Crippen molar-refractivity contribution in [2.45, 2.75) is 32.7 Å². The fourth-order valence-corrected chi connectivity index (χ4v) is 4.97. The number of nitrogens with one attached hydrogen (secondary N) is 1. The van der Waals surface area contributed by atoms with Gasteiger partial charge in [-0.05, 0) is 81.3 Å². The molecule has 2 heterocycles. The van der Waals surface area contributed by atoms with Crippen molar-refractivity contribution in [1.29, 1.82) is 0 Å². The van der Waals surface area contributed by atoms with Crippen LogP contribution in [0.3, 0.4) is 0 Å². The average Bonchev–Trinajstić information content (AvgIpc) is 2.86. The van der Waals surface area contributed by atoms with Gasteiger partial charge in [0.2, 0.25) is 5.88 Å². The van der Waals surface area contributed by atoms with E-state index in [1.54, 1.807) is 13.0 Å². The Morgan fingerprint density at radius 1 is 0.921 bits per heavy atom. The van der Waals surface area contributed by atoms with Gasteiger partial charge in [-0.25, -0.2) is 19.1 Å². The summed E-state index contributed by atoms with van der Waals surface area (Å²) in [6, 6.07) is 15.2. The van der Waals surface area contributed by atoms with Crippen LogP contribution >= 0.6 is 0 Å². The van der Waals surface area contributed by atoms with E-state index >= 15 is 0 Å². The van der Waals surface area contributed by atoms with Crippen LogP contribution in [0, 0.1) is 33.5 Å². The molecular weight excluding hydrogens is 509 g/mol. The first-order valence-corrected chi connectivity index (χ1v) is 13.1. The van der Waals surface area contributed by atoms with E-state index in [0.717, 1.165) is 16.7 Å². The zero-order chi connectivity index (χ0) is 27.6. The average molecular weight is 536 g/mol. The van der Waals surface area contributed by atoms with E-state index in [1.165, 1.54) is 49.6 Å². The Morgan fingerprint density at radius 2 is 1.63 bits per heavy atom. The highest BCUT2D eigenvalue weighted by Gasteiger charge is 2.25. The lowest BCUT2D eigenvalue weighted by Gasteiger charge is -2.16.